The molecule has 3 N–H and O–H groups in total. The van der Waals surface area contributed by atoms with Crippen molar-refractivity contribution in [2.45, 2.75) is 20.3 Å². The zero-order valence-corrected chi connectivity index (χ0v) is 9.75. The molecule has 0 radical (unpaired) electrons. The molecule has 0 spiro atoms. The number of nitrogens with two attached hydrogens (primary N) is 1. The number of carboxylic acid groups (broad SMARTS) is 1. The van der Waals surface area contributed by atoms with Crippen LogP contribution in [0.2, 0.25) is 5.28 Å². The number of carboxylic acids is 1. The summed E-state index contributed by atoms with van der Waals surface area (Å²) in [6.45, 7) is 3.44. The van der Waals surface area contributed by atoms with E-state index >= 15 is 0 Å². The van der Waals surface area contributed by atoms with Crippen molar-refractivity contribution in [3.8, 4) is 0 Å². The van der Waals surface area contributed by atoms with Gasteiger partial charge in [0.25, 0.3) is 0 Å². The first-order valence-electron chi connectivity index (χ1n) is 4.68. The Hall–Kier alpha value is -1.62. The van der Waals surface area contributed by atoms with Gasteiger partial charge >= 0.3 is 5.97 Å². The van der Waals surface area contributed by atoms with Crippen LogP contribution >= 0.6 is 11.6 Å². The molecule has 86 valence electrons. The first-order chi connectivity index (χ1) is 7.47. The molecule has 0 aliphatic rings. The van der Waals surface area contributed by atoms with Crippen LogP contribution < -0.4 is 5.73 Å². The van der Waals surface area contributed by atoms with Crippen LogP contribution in [-0.4, -0.2) is 21.0 Å². The number of carbonyl (C=O) groups is 1. The number of hydrogen-bond acceptors (Lipinski definition) is 4. The van der Waals surface area contributed by atoms with Gasteiger partial charge in [0.15, 0.2) is 0 Å². The molecule has 0 fully saturated rings. The summed E-state index contributed by atoms with van der Waals surface area (Å²) in [5.41, 5.74) is 7.00. The molecule has 0 saturated heterocycles. The summed E-state index contributed by atoms with van der Waals surface area (Å²) in [6, 6.07) is 0. The summed E-state index contributed by atoms with van der Waals surface area (Å²) in [5.74, 6) is -0.779. The predicted octanol–water partition coefficient (Wildman–Crippen LogP) is 1.98. The van der Waals surface area contributed by atoms with Gasteiger partial charge in [-0.1, -0.05) is 6.92 Å². The van der Waals surface area contributed by atoms with E-state index in [9.17, 15) is 4.79 Å². The van der Waals surface area contributed by atoms with E-state index in [4.69, 9.17) is 22.4 Å². The van der Waals surface area contributed by atoms with Crippen molar-refractivity contribution in [3.63, 3.8) is 0 Å². The average molecular weight is 242 g/mol. The van der Waals surface area contributed by atoms with Crippen molar-refractivity contribution in [2.75, 3.05) is 5.73 Å². The highest BCUT2D eigenvalue weighted by atomic mass is 35.5. The van der Waals surface area contributed by atoms with Crippen LogP contribution in [0.4, 0.5) is 5.82 Å². The lowest BCUT2D eigenvalue weighted by Crippen LogP contribution is -2.05. The predicted molar refractivity (Wildman–Crippen MR) is 62.0 cm³/mol. The van der Waals surface area contributed by atoms with Gasteiger partial charge in [-0.3, -0.25) is 0 Å². The minimum Gasteiger partial charge on any atom is -0.478 e. The number of aliphatic carboxylic acids is 1. The van der Waals surface area contributed by atoms with E-state index < -0.39 is 5.97 Å². The molecule has 0 saturated carbocycles. The third-order valence-corrected chi connectivity index (χ3v) is 2.44. The zero-order valence-electron chi connectivity index (χ0n) is 8.99. The summed E-state index contributed by atoms with van der Waals surface area (Å²) < 4.78 is 0. The van der Waals surface area contributed by atoms with E-state index in [2.05, 4.69) is 9.97 Å². The van der Waals surface area contributed by atoms with Gasteiger partial charge in [0.05, 0.1) is 0 Å². The molecule has 0 unspecified atom stereocenters. The van der Waals surface area contributed by atoms with E-state index in [0.29, 0.717) is 17.6 Å². The third-order valence-electron chi connectivity index (χ3n) is 2.26. The topological polar surface area (TPSA) is 89.1 Å². The maximum Gasteiger partial charge on any atom is 0.331 e. The van der Waals surface area contributed by atoms with Crippen LogP contribution in [0.3, 0.4) is 0 Å². The minimum atomic E-state index is -0.964. The molecule has 0 amide bonds. The fourth-order valence-corrected chi connectivity index (χ4v) is 1.54. The normalized spacial score (nSPS) is 12.2. The Morgan fingerprint density at radius 2 is 2.25 bits per heavy atom. The molecular weight excluding hydrogens is 230 g/mol. The second-order valence-corrected chi connectivity index (χ2v) is 3.54. The number of allylic oxidation sites excluding steroid dienone is 1. The fraction of sp³-hybridized carbons (Fsp3) is 0.300. The number of aromatic nitrogens is 2. The standard InChI is InChI=1S/C10H12ClN3O2/c1-3-6(9(15)16)5(2)7-4-13-10(11)14-8(7)12/h4H,3H2,1-2H3,(H,15,16)(H2,12,13,14)/b6-5+. The molecular formula is C10H12ClN3O2. The summed E-state index contributed by atoms with van der Waals surface area (Å²) >= 11 is 5.56. The van der Waals surface area contributed by atoms with Crippen LogP contribution in [-0.2, 0) is 4.79 Å². The highest BCUT2D eigenvalue weighted by molar-refractivity contribution is 6.28. The first-order valence-corrected chi connectivity index (χ1v) is 5.06. The Morgan fingerprint density at radius 1 is 1.62 bits per heavy atom. The molecule has 1 heterocycles. The van der Waals surface area contributed by atoms with Crippen molar-refractivity contribution in [1.29, 1.82) is 0 Å². The Bertz CT molecular complexity index is 457. The van der Waals surface area contributed by atoms with Gasteiger partial charge < -0.3 is 10.8 Å². The Labute approximate surface area is 98.0 Å². The molecule has 16 heavy (non-hydrogen) atoms. The van der Waals surface area contributed by atoms with Gasteiger partial charge in [-0.15, -0.1) is 0 Å². The second-order valence-electron chi connectivity index (χ2n) is 3.20. The molecule has 1 aromatic rings. The van der Waals surface area contributed by atoms with E-state index in [-0.39, 0.29) is 16.7 Å². The molecule has 1 rings (SSSR count). The Kier molecular flexibility index (Phi) is 3.84. The number of rotatable bonds is 3. The molecule has 0 aromatic carbocycles. The molecule has 6 heteroatoms. The van der Waals surface area contributed by atoms with Crippen LogP contribution in [0.1, 0.15) is 25.8 Å². The van der Waals surface area contributed by atoms with E-state index in [1.54, 1.807) is 13.8 Å². The molecule has 0 bridgehead atoms. The van der Waals surface area contributed by atoms with Crippen molar-refractivity contribution in [3.05, 3.63) is 22.6 Å². The lowest BCUT2D eigenvalue weighted by Gasteiger charge is -2.08. The molecule has 0 aliphatic carbocycles. The summed E-state index contributed by atoms with van der Waals surface area (Å²) in [6.07, 6.45) is 1.84. The van der Waals surface area contributed by atoms with Gasteiger partial charge in [-0.2, -0.15) is 0 Å². The Balaban J connectivity index is 3.32. The third kappa shape index (κ3) is 2.49. The maximum atomic E-state index is 11.0. The van der Waals surface area contributed by atoms with Crippen molar-refractivity contribution < 1.29 is 9.90 Å². The SMILES string of the molecule is CC/C(C(=O)O)=C(/C)c1cnc(Cl)nc1N. The van der Waals surface area contributed by atoms with Gasteiger partial charge in [0, 0.05) is 17.3 Å². The molecule has 5 nitrogen and oxygen atoms in total. The van der Waals surface area contributed by atoms with Crippen molar-refractivity contribution in [2.24, 2.45) is 0 Å². The number of halogens is 1. The first kappa shape index (κ1) is 12.4. The van der Waals surface area contributed by atoms with Gasteiger partial charge in [0.1, 0.15) is 5.82 Å². The van der Waals surface area contributed by atoms with Crippen molar-refractivity contribution >= 4 is 29.0 Å². The minimum absolute atomic E-state index is 0.0439. The van der Waals surface area contributed by atoms with E-state index in [1.807, 2.05) is 0 Å². The monoisotopic (exact) mass is 241 g/mol. The van der Waals surface area contributed by atoms with E-state index in [0.717, 1.165) is 0 Å². The lowest BCUT2D eigenvalue weighted by atomic mass is 10.0. The average Bonchev–Trinajstić information content (AvgIpc) is 2.17. The van der Waals surface area contributed by atoms with Gasteiger partial charge in [-0.25, -0.2) is 14.8 Å². The summed E-state index contributed by atoms with van der Waals surface area (Å²) in [7, 11) is 0. The highest BCUT2D eigenvalue weighted by Gasteiger charge is 2.13. The van der Waals surface area contributed by atoms with Crippen LogP contribution in [0.15, 0.2) is 11.8 Å². The molecule has 0 atom stereocenters. The van der Waals surface area contributed by atoms with E-state index in [1.165, 1.54) is 6.20 Å². The zero-order chi connectivity index (χ0) is 12.3. The second kappa shape index (κ2) is 4.94. The van der Waals surface area contributed by atoms with Crippen LogP contribution in [0, 0.1) is 0 Å². The highest BCUT2D eigenvalue weighted by Crippen LogP contribution is 2.24. The quantitative estimate of drug-likeness (QED) is 0.624. The van der Waals surface area contributed by atoms with Crippen LogP contribution in [0.25, 0.3) is 5.57 Å². The number of nitrogens with zero attached hydrogens (tertiary/aromatic N) is 2. The van der Waals surface area contributed by atoms with Gasteiger partial charge in [0.2, 0.25) is 5.28 Å². The lowest BCUT2D eigenvalue weighted by molar-refractivity contribution is -0.132. The smallest absolute Gasteiger partial charge is 0.331 e. The molecule has 0 aliphatic heterocycles. The fourth-order valence-electron chi connectivity index (χ4n) is 1.40. The number of hydrogen-bond donors (Lipinski definition) is 2. The summed E-state index contributed by atoms with van der Waals surface area (Å²) in [4.78, 5) is 18.5. The van der Waals surface area contributed by atoms with Gasteiger partial charge in [-0.05, 0) is 30.5 Å². The Morgan fingerprint density at radius 3 is 2.69 bits per heavy atom. The summed E-state index contributed by atoms with van der Waals surface area (Å²) in [5, 5.41) is 9.03. The number of anilines is 1. The van der Waals surface area contributed by atoms with Crippen molar-refractivity contribution in [1.82, 2.24) is 9.97 Å². The largest absolute Gasteiger partial charge is 0.478 e. The van der Waals surface area contributed by atoms with Crippen LogP contribution in [0.5, 0.6) is 0 Å². The molecule has 1 aromatic heterocycles. The maximum absolute atomic E-state index is 11.0. The number of nitrogen functional groups attached to an aromatic ring is 1.